The van der Waals surface area contributed by atoms with Crippen LogP contribution in [0.25, 0.3) is 0 Å². The van der Waals surface area contributed by atoms with E-state index in [1.165, 1.54) is 31.4 Å². The highest BCUT2D eigenvalue weighted by atomic mass is 35.5. The molecule has 3 heteroatoms. The fraction of sp³-hybridized carbons (Fsp3) is 0.600. The van der Waals surface area contributed by atoms with Gasteiger partial charge in [-0.3, -0.25) is 0 Å². The van der Waals surface area contributed by atoms with Crippen LogP contribution >= 0.6 is 11.6 Å². The van der Waals surface area contributed by atoms with Crippen molar-refractivity contribution in [1.29, 1.82) is 0 Å². The summed E-state index contributed by atoms with van der Waals surface area (Å²) in [4.78, 5) is 2.47. The van der Waals surface area contributed by atoms with Crippen molar-refractivity contribution in [2.45, 2.75) is 51.6 Å². The predicted octanol–water partition coefficient (Wildman–Crippen LogP) is 4.13. The summed E-state index contributed by atoms with van der Waals surface area (Å²) in [5.74, 6) is 0. The molecule has 2 nitrogen and oxygen atoms in total. The van der Waals surface area contributed by atoms with Gasteiger partial charge in [-0.2, -0.15) is 0 Å². The van der Waals surface area contributed by atoms with Crippen molar-refractivity contribution in [1.82, 2.24) is 0 Å². The normalized spacial score (nSPS) is 22.0. The lowest BCUT2D eigenvalue weighted by atomic mass is 9.98. The summed E-state index contributed by atoms with van der Waals surface area (Å²) in [6.45, 7) is 5.37. The van der Waals surface area contributed by atoms with Crippen LogP contribution in [-0.2, 0) is 0 Å². The zero-order valence-electron chi connectivity index (χ0n) is 11.3. The molecule has 0 aromatic heterocycles. The maximum Gasteiger partial charge on any atom is 0.0642 e. The van der Waals surface area contributed by atoms with Gasteiger partial charge in [-0.25, -0.2) is 0 Å². The molecular weight excluding hydrogens is 244 g/mol. The van der Waals surface area contributed by atoms with Crippen LogP contribution in [0.5, 0.6) is 0 Å². The van der Waals surface area contributed by atoms with Crippen LogP contribution in [-0.4, -0.2) is 12.6 Å². The quantitative estimate of drug-likeness (QED) is 0.891. The highest BCUT2D eigenvalue weighted by Crippen LogP contribution is 2.33. The van der Waals surface area contributed by atoms with E-state index >= 15 is 0 Å². The van der Waals surface area contributed by atoms with Crippen LogP contribution in [0.3, 0.4) is 0 Å². The topological polar surface area (TPSA) is 29.3 Å². The smallest absolute Gasteiger partial charge is 0.0642 e. The van der Waals surface area contributed by atoms with Gasteiger partial charge in [-0.1, -0.05) is 24.6 Å². The molecule has 1 aliphatic heterocycles. The fourth-order valence-electron chi connectivity index (χ4n) is 2.78. The Labute approximate surface area is 115 Å². The number of hydrogen-bond donors (Lipinski definition) is 1. The van der Waals surface area contributed by atoms with Crippen molar-refractivity contribution in [3.63, 3.8) is 0 Å². The molecule has 2 N–H and O–H groups in total. The molecule has 1 fully saturated rings. The van der Waals surface area contributed by atoms with Crippen molar-refractivity contribution >= 4 is 17.3 Å². The number of piperidine rings is 1. The molecule has 0 aliphatic carbocycles. The molecule has 0 amide bonds. The first-order valence-electron chi connectivity index (χ1n) is 6.95. The third-order valence-electron chi connectivity index (χ3n) is 3.91. The fourth-order valence-corrected chi connectivity index (χ4v) is 3.08. The van der Waals surface area contributed by atoms with Gasteiger partial charge in [0, 0.05) is 18.6 Å². The molecule has 18 heavy (non-hydrogen) atoms. The number of benzene rings is 1. The molecule has 0 radical (unpaired) electrons. The number of nitrogens with two attached hydrogens (primary N) is 1. The Kier molecular flexibility index (Phi) is 4.52. The predicted molar refractivity (Wildman–Crippen MR) is 79.3 cm³/mol. The number of halogens is 1. The third kappa shape index (κ3) is 2.81. The lowest BCUT2D eigenvalue weighted by Gasteiger charge is -2.37. The van der Waals surface area contributed by atoms with Crippen molar-refractivity contribution < 1.29 is 0 Å². The first-order chi connectivity index (χ1) is 8.63. The Morgan fingerprint density at radius 3 is 2.83 bits per heavy atom. The van der Waals surface area contributed by atoms with Gasteiger partial charge in [0.1, 0.15) is 0 Å². The molecule has 1 aromatic rings. The average Bonchev–Trinajstić information content (AvgIpc) is 2.38. The molecule has 1 aliphatic rings. The van der Waals surface area contributed by atoms with Crippen LogP contribution in [0.2, 0.25) is 5.02 Å². The number of rotatable bonds is 3. The maximum absolute atomic E-state index is 6.43. The van der Waals surface area contributed by atoms with Crippen LogP contribution in [0.1, 0.15) is 51.1 Å². The van der Waals surface area contributed by atoms with E-state index in [2.05, 4.69) is 24.0 Å². The highest BCUT2D eigenvalue weighted by molar-refractivity contribution is 6.33. The van der Waals surface area contributed by atoms with E-state index in [9.17, 15) is 0 Å². The minimum absolute atomic E-state index is 0.0416. The number of nitrogens with zero attached hydrogens (tertiary/aromatic N) is 1. The Morgan fingerprint density at radius 1 is 1.44 bits per heavy atom. The molecule has 1 heterocycles. The Hall–Kier alpha value is -0.730. The molecule has 1 saturated heterocycles. The van der Waals surface area contributed by atoms with Gasteiger partial charge in [0.25, 0.3) is 0 Å². The van der Waals surface area contributed by atoms with Crippen LogP contribution < -0.4 is 10.6 Å². The molecule has 2 rings (SSSR count). The monoisotopic (exact) mass is 266 g/mol. The third-order valence-corrected chi connectivity index (χ3v) is 4.21. The summed E-state index contributed by atoms with van der Waals surface area (Å²) in [6.07, 6.45) is 5.07. The highest BCUT2D eigenvalue weighted by Gasteiger charge is 2.22. The van der Waals surface area contributed by atoms with E-state index in [0.717, 1.165) is 17.1 Å². The zero-order valence-corrected chi connectivity index (χ0v) is 12.1. The summed E-state index contributed by atoms with van der Waals surface area (Å²) in [5, 5.41) is 0.838. The van der Waals surface area contributed by atoms with E-state index in [1.807, 2.05) is 13.0 Å². The van der Waals surface area contributed by atoms with Gasteiger partial charge in [0.05, 0.1) is 10.7 Å². The zero-order chi connectivity index (χ0) is 13.1. The maximum atomic E-state index is 6.43. The number of anilines is 1. The lowest BCUT2D eigenvalue weighted by Crippen LogP contribution is -2.39. The Balaban J connectivity index is 2.26. The summed E-state index contributed by atoms with van der Waals surface area (Å²) in [5.41, 5.74) is 8.17. The van der Waals surface area contributed by atoms with E-state index in [1.54, 1.807) is 0 Å². The summed E-state index contributed by atoms with van der Waals surface area (Å²) in [6, 6.07) is 6.93. The summed E-state index contributed by atoms with van der Waals surface area (Å²) >= 11 is 6.43. The first kappa shape index (κ1) is 13.7. The molecule has 1 aromatic carbocycles. The van der Waals surface area contributed by atoms with Gasteiger partial charge in [0.2, 0.25) is 0 Å². The second kappa shape index (κ2) is 5.94. The van der Waals surface area contributed by atoms with Crippen molar-refractivity contribution in [3.8, 4) is 0 Å². The second-order valence-corrected chi connectivity index (χ2v) is 5.66. The second-order valence-electron chi connectivity index (χ2n) is 5.25. The Bertz CT molecular complexity index is 403. The molecule has 1 unspecified atom stereocenters. The van der Waals surface area contributed by atoms with Crippen LogP contribution in [0.15, 0.2) is 18.2 Å². The Morgan fingerprint density at radius 2 is 2.22 bits per heavy atom. The molecule has 0 bridgehead atoms. The minimum atomic E-state index is 0.0416. The van der Waals surface area contributed by atoms with Crippen molar-refractivity contribution in [2.24, 2.45) is 5.73 Å². The molecule has 0 saturated carbocycles. The van der Waals surface area contributed by atoms with Crippen molar-refractivity contribution in [3.05, 3.63) is 28.8 Å². The SMILES string of the molecule is CCC1CCCCN1c1ccc([C@@H](C)N)cc1Cl. The van der Waals surface area contributed by atoms with Gasteiger partial charge in [-0.05, 0) is 50.3 Å². The van der Waals surface area contributed by atoms with Crippen LogP contribution in [0, 0.1) is 0 Å². The van der Waals surface area contributed by atoms with E-state index in [4.69, 9.17) is 17.3 Å². The van der Waals surface area contributed by atoms with Gasteiger partial charge >= 0.3 is 0 Å². The molecular formula is C15H23ClN2. The largest absolute Gasteiger partial charge is 0.367 e. The van der Waals surface area contributed by atoms with Gasteiger partial charge in [-0.15, -0.1) is 0 Å². The molecule has 0 spiro atoms. The summed E-state index contributed by atoms with van der Waals surface area (Å²) < 4.78 is 0. The van der Waals surface area contributed by atoms with Crippen LogP contribution in [0.4, 0.5) is 5.69 Å². The van der Waals surface area contributed by atoms with Crippen molar-refractivity contribution in [2.75, 3.05) is 11.4 Å². The standard InChI is InChI=1S/C15H23ClN2/c1-3-13-6-4-5-9-18(13)15-8-7-12(11(2)17)10-14(15)16/h7-8,10-11,13H,3-6,9,17H2,1-2H3/t11-,13?/m1/s1. The lowest BCUT2D eigenvalue weighted by molar-refractivity contribution is 0.450. The summed E-state index contributed by atoms with van der Waals surface area (Å²) in [7, 11) is 0. The average molecular weight is 267 g/mol. The molecule has 100 valence electrons. The number of hydrogen-bond acceptors (Lipinski definition) is 2. The van der Waals surface area contributed by atoms with Gasteiger partial charge < -0.3 is 10.6 Å². The van der Waals surface area contributed by atoms with E-state index in [0.29, 0.717) is 6.04 Å². The first-order valence-corrected chi connectivity index (χ1v) is 7.33. The van der Waals surface area contributed by atoms with Gasteiger partial charge in [0.15, 0.2) is 0 Å². The van der Waals surface area contributed by atoms with E-state index in [-0.39, 0.29) is 6.04 Å². The van der Waals surface area contributed by atoms with E-state index < -0.39 is 0 Å². The minimum Gasteiger partial charge on any atom is -0.367 e. The molecule has 2 atom stereocenters.